The van der Waals surface area contributed by atoms with E-state index in [-0.39, 0.29) is 5.91 Å². The summed E-state index contributed by atoms with van der Waals surface area (Å²) in [5.74, 6) is 0.412. The van der Waals surface area contributed by atoms with Crippen LogP contribution in [0.25, 0.3) is 11.3 Å². The van der Waals surface area contributed by atoms with E-state index in [0.29, 0.717) is 17.3 Å². The Morgan fingerprint density at radius 2 is 1.87 bits per heavy atom. The molecule has 6 nitrogen and oxygen atoms in total. The summed E-state index contributed by atoms with van der Waals surface area (Å²) in [7, 11) is 2.00. The van der Waals surface area contributed by atoms with Gasteiger partial charge in [-0.05, 0) is 18.1 Å². The van der Waals surface area contributed by atoms with Crippen LogP contribution in [-0.2, 0) is 19.3 Å². The molecule has 2 heterocycles. The van der Waals surface area contributed by atoms with Gasteiger partial charge in [0, 0.05) is 13.6 Å². The second kappa shape index (κ2) is 9.23. The average molecular weight is 436 g/mol. The number of carbonyl (C=O) groups excluding carboxylic acids is 1. The summed E-state index contributed by atoms with van der Waals surface area (Å²) >= 11 is 2.90. The Bertz CT molecular complexity index is 1140. The van der Waals surface area contributed by atoms with Gasteiger partial charge in [-0.1, -0.05) is 83.3 Å². The number of nitrogens with one attached hydrogen (secondary N) is 1. The van der Waals surface area contributed by atoms with Gasteiger partial charge < -0.3 is 9.88 Å². The Balaban J connectivity index is 1.34. The lowest BCUT2D eigenvalue weighted by Gasteiger charge is -2.05. The summed E-state index contributed by atoms with van der Waals surface area (Å²) in [6.45, 7) is 2.51. The van der Waals surface area contributed by atoms with Gasteiger partial charge in [0.05, 0.1) is 17.6 Å². The first-order chi connectivity index (χ1) is 14.6. The van der Waals surface area contributed by atoms with Gasteiger partial charge in [-0.2, -0.15) is 0 Å². The van der Waals surface area contributed by atoms with Crippen LogP contribution in [0.4, 0.5) is 0 Å². The first-order valence-corrected chi connectivity index (χ1v) is 11.3. The first-order valence-electron chi connectivity index (χ1n) is 9.46. The van der Waals surface area contributed by atoms with Crippen molar-refractivity contribution in [1.29, 1.82) is 0 Å². The molecule has 4 aromatic rings. The number of thioether (sulfide) groups is 1. The minimum atomic E-state index is -0.201. The van der Waals surface area contributed by atoms with Gasteiger partial charge in [-0.3, -0.25) is 4.79 Å². The Hall–Kier alpha value is -2.97. The smallest absolute Gasteiger partial charge is 0.282 e. The van der Waals surface area contributed by atoms with Gasteiger partial charge in [0.25, 0.3) is 5.91 Å². The predicted molar refractivity (Wildman–Crippen MR) is 120 cm³/mol. The zero-order valence-corrected chi connectivity index (χ0v) is 18.3. The molecule has 0 radical (unpaired) electrons. The second-order valence-corrected chi connectivity index (χ2v) is 8.81. The van der Waals surface area contributed by atoms with Crippen LogP contribution in [0.3, 0.4) is 0 Å². The number of imidazole rings is 1. The minimum Gasteiger partial charge on any atom is -0.346 e. The Morgan fingerprint density at radius 3 is 2.63 bits per heavy atom. The lowest BCUT2D eigenvalue weighted by molar-refractivity contribution is 0.0950. The standard InChI is InChI=1S/C22H21N5OS2/c1-15-8-10-16(11-9-15)12-23-20(28)21-26-25-19(30-21)14-29-22-24-13-18(27(22)2)17-6-4-3-5-7-17/h3-11,13H,12,14H2,1-2H3,(H,23,28). The van der Waals surface area contributed by atoms with Crippen molar-refractivity contribution in [2.24, 2.45) is 7.05 Å². The molecule has 0 atom stereocenters. The van der Waals surface area contributed by atoms with Crippen LogP contribution >= 0.6 is 23.1 Å². The molecular formula is C22H21N5OS2. The highest BCUT2D eigenvalue weighted by atomic mass is 32.2. The molecule has 1 N–H and O–H groups in total. The van der Waals surface area contributed by atoms with Crippen molar-refractivity contribution in [1.82, 2.24) is 25.1 Å². The number of carbonyl (C=O) groups is 1. The highest BCUT2D eigenvalue weighted by Gasteiger charge is 2.14. The average Bonchev–Trinajstić information content (AvgIpc) is 3.39. The molecule has 152 valence electrons. The van der Waals surface area contributed by atoms with Crippen LogP contribution < -0.4 is 5.32 Å². The maximum atomic E-state index is 12.4. The molecule has 2 aromatic heterocycles. The van der Waals surface area contributed by atoms with E-state index in [4.69, 9.17) is 0 Å². The number of aryl methyl sites for hydroxylation is 1. The zero-order chi connectivity index (χ0) is 20.9. The van der Waals surface area contributed by atoms with Crippen molar-refractivity contribution >= 4 is 29.0 Å². The van der Waals surface area contributed by atoms with E-state index in [1.807, 2.05) is 62.6 Å². The van der Waals surface area contributed by atoms with Crippen LogP contribution in [-0.4, -0.2) is 25.7 Å². The van der Waals surface area contributed by atoms with Gasteiger partial charge >= 0.3 is 0 Å². The SMILES string of the molecule is Cc1ccc(CNC(=O)c2nnc(CSc3ncc(-c4ccccc4)n3C)s2)cc1. The van der Waals surface area contributed by atoms with E-state index in [1.165, 1.54) is 16.9 Å². The molecule has 4 rings (SSSR count). The van der Waals surface area contributed by atoms with E-state index in [1.54, 1.807) is 11.8 Å². The van der Waals surface area contributed by atoms with Gasteiger partial charge in [-0.25, -0.2) is 4.98 Å². The third-order valence-electron chi connectivity index (χ3n) is 4.57. The van der Waals surface area contributed by atoms with Gasteiger partial charge in [-0.15, -0.1) is 10.2 Å². The van der Waals surface area contributed by atoms with Crippen LogP contribution in [0.1, 0.15) is 25.9 Å². The summed E-state index contributed by atoms with van der Waals surface area (Å²) in [6, 6.07) is 18.2. The maximum Gasteiger partial charge on any atom is 0.282 e. The van der Waals surface area contributed by atoms with E-state index in [0.717, 1.165) is 27.0 Å². The van der Waals surface area contributed by atoms with Crippen LogP contribution in [0.5, 0.6) is 0 Å². The number of rotatable bonds is 7. The molecule has 0 aliphatic heterocycles. The molecule has 30 heavy (non-hydrogen) atoms. The van der Waals surface area contributed by atoms with Crippen molar-refractivity contribution in [2.45, 2.75) is 24.4 Å². The fourth-order valence-corrected chi connectivity index (χ4v) is 4.59. The number of aromatic nitrogens is 4. The maximum absolute atomic E-state index is 12.4. The Morgan fingerprint density at radius 1 is 1.10 bits per heavy atom. The minimum absolute atomic E-state index is 0.201. The highest BCUT2D eigenvalue weighted by molar-refractivity contribution is 7.98. The van der Waals surface area contributed by atoms with Gasteiger partial charge in [0.1, 0.15) is 5.01 Å². The molecule has 1 amide bonds. The first kappa shape index (κ1) is 20.3. The molecule has 0 fully saturated rings. The summed E-state index contributed by atoms with van der Waals surface area (Å²) < 4.78 is 2.07. The third kappa shape index (κ3) is 4.77. The fraction of sp³-hybridized carbons (Fsp3) is 0.182. The number of amides is 1. The summed E-state index contributed by atoms with van der Waals surface area (Å²) in [4.78, 5) is 16.9. The largest absolute Gasteiger partial charge is 0.346 e. The summed E-state index contributed by atoms with van der Waals surface area (Å²) in [5, 5.41) is 13.2. The topological polar surface area (TPSA) is 72.7 Å². The zero-order valence-electron chi connectivity index (χ0n) is 16.7. The van der Waals surface area contributed by atoms with Crippen LogP contribution in [0, 0.1) is 6.92 Å². The van der Waals surface area contributed by atoms with Crippen molar-refractivity contribution in [3.63, 3.8) is 0 Å². The molecule has 0 aliphatic carbocycles. The Kier molecular flexibility index (Phi) is 6.25. The van der Waals surface area contributed by atoms with E-state index in [2.05, 4.69) is 37.2 Å². The van der Waals surface area contributed by atoms with Crippen LogP contribution in [0.15, 0.2) is 66.0 Å². The summed E-state index contributed by atoms with van der Waals surface area (Å²) in [5.41, 5.74) is 4.44. The fourth-order valence-electron chi connectivity index (χ4n) is 2.90. The molecule has 0 bridgehead atoms. The van der Waals surface area contributed by atoms with E-state index >= 15 is 0 Å². The molecule has 0 aliphatic rings. The number of hydrogen-bond acceptors (Lipinski definition) is 6. The predicted octanol–water partition coefficient (Wildman–Crippen LogP) is 4.47. The normalized spacial score (nSPS) is 10.9. The number of nitrogens with zero attached hydrogens (tertiary/aromatic N) is 4. The molecule has 0 saturated carbocycles. The van der Waals surface area contributed by atoms with Crippen LogP contribution in [0.2, 0.25) is 0 Å². The van der Waals surface area contributed by atoms with Crippen molar-refractivity contribution in [3.05, 3.63) is 81.9 Å². The third-order valence-corrected chi connectivity index (χ3v) is 6.73. The lowest BCUT2D eigenvalue weighted by atomic mass is 10.1. The highest BCUT2D eigenvalue weighted by Crippen LogP contribution is 2.27. The quantitative estimate of drug-likeness (QED) is 0.434. The molecular weight excluding hydrogens is 414 g/mol. The van der Waals surface area contributed by atoms with Crippen molar-refractivity contribution in [3.8, 4) is 11.3 Å². The Labute approximate surface area is 183 Å². The molecule has 0 saturated heterocycles. The second-order valence-electron chi connectivity index (χ2n) is 6.81. The molecule has 0 unspecified atom stereocenters. The van der Waals surface area contributed by atoms with Gasteiger partial charge in [0.2, 0.25) is 5.01 Å². The van der Waals surface area contributed by atoms with E-state index in [9.17, 15) is 4.79 Å². The van der Waals surface area contributed by atoms with Crippen molar-refractivity contribution in [2.75, 3.05) is 0 Å². The lowest BCUT2D eigenvalue weighted by Crippen LogP contribution is -2.22. The van der Waals surface area contributed by atoms with Gasteiger partial charge in [0.15, 0.2) is 5.16 Å². The number of hydrogen-bond donors (Lipinski definition) is 1. The molecule has 2 aromatic carbocycles. The number of benzene rings is 2. The summed E-state index contributed by atoms with van der Waals surface area (Å²) in [6.07, 6.45) is 1.88. The molecule has 0 spiro atoms. The molecule has 8 heteroatoms. The van der Waals surface area contributed by atoms with Crippen molar-refractivity contribution < 1.29 is 4.79 Å². The monoisotopic (exact) mass is 435 g/mol. The van der Waals surface area contributed by atoms with E-state index < -0.39 is 0 Å².